The van der Waals surface area contributed by atoms with E-state index < -0.39 is 11.6 Å². The summed E-state index contributed by atoms with van der Waals surface area (Å²) in [7, 11) is 1.63. The summed E-state index contributed by atoms with van der Waals surface area (Å²) >= 11 is 0. The van der Waals surface area contributed by atoms with Gasteiger partial charge in [-0.2, -0.15) is 0 Å². The molecule has 2 heterocycles. The molecule has 1 aliphatic heterocycles. The first-order valence-corrected chi connectivity index (χ1v) is 11.7. The topological polar surface area (TPSA) is 102 Å². The summed E-state index contributed by atoms with van der Waals surface area (Å²) in [6.45, 7) is 7.80. The molecule has 0 saturated heterocycles. The molecular weight excluding hydrogens is 442 g/mol. The highest BCUT2D eigenvalue weighted by atomic mass is 16.5. The molecule has 4 rings (SSSR count). The number of hydrogen-bond acceptors (Lipinski definition) is 6. The average Bonchev–Trinajstić information content (AvgIpc) is 3.15. The Bertz CT molecular complexity index is 1280. The second kappa shape index (κ2) is 9.84. The van der Waals surface area contributed by atoms with Gasteiger partial charge in [-0.25, -0.2) is 0 Å². The number of aliphatic imine (C=N–C) groups is 1. The number of carbonyl (C=O) groups excluding carboxylic acids is 1. The summed E-state index contributed by atoms with van der Waals surface area (Å²) in [5.41, 5.74) is 3.47. The smallest absolute Gasteiger partial charge is 0.222 e. The third-order valence-electron chi connectivity index (χ3n) is 5.75. The van der Waals surface area contributed by atoms with E-state index in [1.165, 1.54) is 0 Å². The minimum Gasteiger partial charge on any atom is -0.497 e. The van der Waals surface area contributed by atoms with Gasteiger partial charge in [-0.1, -0.05) is 36.4 Å². The van der Waals surface area contributed by atoms with E-state index in [2.05, 4.69) is 15.5 Å². The van der Waals surface area contributed by atoms with Crippen LogP contribution in [0.25, 0.3) is 11.8 Å². The molecule has 0 fully saturated rings. The SMILES string of the molecule is CCNC(=O)C[C@@H]1N=C(c2ccc(/C=C/C(C)(C)O)cc2)c2cc(OC)ccc2-n2c(C)nnc21. The zero-order valence-electron chi connectivity index (χ0n) is 20.7. The Kier molecular flexibility index (Phi) is 6.84. The van der Waals surface area contributed by atoms with Gasteiger partial charge < -0.3 is 15.2 Å². The van der Waals surface area contributed by atoms with Crippen LogP contribution in [0.1, 0.15) is 61.6 Å². The quantitative estimate of drug-likeness (QED) is 0.544. The molecule has 0 spiro atoms. The van der Waals surface area contributed by atoms with E-state index in [9.17, 15) is 9.90 Å². The van der Waals surface area contributed by atoms with Gasteiger partial charge in [0.25, 0.3) is 0 Å². The first-order chi connectivity index (χ1) is 16.7. The number of amides is 1. The highest BCUT2D eigenvalue weighted by Crippen LogP contribution is 2.34. The molecular formula is C27H31N5O3. The predicted octanol–water partition coefficient (Wildman–Crippen LogP) is 3.79. The number of aliphatic hydroxyl groups is 1. The fraction of sp³-hybridized carbons (Fsp3) is 0.333. The van der Waals surface area contributed by atoms with E-state index >= 15 is 0 Å². The highest BCUT2D eigenvalue weighted by molar-refractivity contribution is 6.15. The number of benzene rings is 2. The van der Waals surface area contributed by atoms with Crippen molar-refractivity contribution in [2.24, 2.45) is 4.99 Å². The summed E-state index contributed by atoms with van der Waals surface area (Å²) in [5, 5.41) is 21.5. The van der Waals surface area contributed by atoms with Crippen LogP contribution in [0.2, 0.25) is 0 Å². The van der Waals surface area contributed by atoms with Crippen molar-refractivity contribution in [1.82, 2.24) is 20.1 Å². The zero-order valence-corrected chi connectivity index (χ0v) is 20.7. The van der Waals surface area contributed by atoms with Crippen molar-refractivity contribution < 1.29 is 14.6 Å². The van der Waals surface area contributed by atoms with Gasteiger partial charge in [0, 0.05) is 17.7 Å². The summed E-state index contributed by atoms with van der Waals surface area (Å²) < 4.78 is 7.49. The lowest BCUT2D eigenvalue weighted by Crippen LogP contribution is -2.25. The number of nitrogens with zero attached hydrogens (tertiary/aromatic N) is 4. The predicted molar refractivity (Wildman–Crippen MR) is 136 cm³/mol. The molecule has 0 unspecified atom stereocenters. The highest BCUT2D eigenvalue weighted by Gasteiger charge is 2.29. The van der Waals surface area contributed by atoms with Crippen LogP contribution in [0, 0.1) is 6.92 Å². The lowest BCUT2D eigenvalue weighted by molar-refractivity contribution is -0.121. The Hall–Kier alpha value is -3.78. The Morgan fingerprint density at radius 3 is 2.60 bits per heavy atom. The summed E-state index contributed by atoms with van der Waals surface area (Å²) in [5.74, 6) is 1.95. The fourth-order valence-corrected chi connectivity index (χ4v) is 4.07. The Morgan fingerprint density at radius 2 is 1.94 bits per heavy atom. The number of ether oxygens (including phenoxy) is 1. The second-order valence-corrected chi connectivity index (χ2v) is 9.08. The van der Waals surface area contributed by atoms with Crippen LogP contribution in [-0.2, 0) is 4.79 Å². The van der Waals surface area contributed by atoms with E-state index in [0.29, 0.717) is 18.1 Å². The van der Waals surface area contributed by atoms with Gasteiger partial charge in [-0.15, -0.1) is 10.2 Å². The Morgan fingerprint density at radius 1 is 1.20 bits per heavy atom. The van der Waals surface area contributed by atoms with Gasteiger partial charge in [0.15, 0.2) is 5.82 Å². The number of fused-ring (bicyclic) bond motifs is 3. The Balaban J connectivity index is 1.86. The minimum atomic E-state index is -0.891. The third kappa shape index (κ3) is 5.33. The van der Waals surface area contributed by atoms with Crippen molar-refractivity contribution in [1.29, 1.82) is 0 Å². The summed E-state index contributed by atoms with van der Waals surface area (Å²) in [4.78, 5) is 17.6. The molecule has 2 N–H and O–H groups in total. The lowest BCUT2D eigenvalue weighted by atomic mass is 9.98. The molecule has 182 valence electrons. The average molecular weight is 474 g/mol. The van der Waals surface area contributed by atoms with Crippen molar-refractivity contribution in [3.63, 3.8) is 0 Å². The first kappa shape index (κ1) is 24.3. The van der Waals surface area contributed by atoms with E-state index in [4.69, 9.17) is 9.73 Å². The van der Waals surface area contributed by atoms with Gasteiger partial charge >= 0.3 is 0 Å². The number of hydrogen-bond donors (Lipinski definition) is 2. The van der Waals surface area contributed by atoms with Crippen molar-refractivity contribution in [2.45, 2.75) is 45.8 Å². The third-order valence-corrected chi connectivity index (χ3v) is 5.75. The molecule has 1 aliphatic rings. The second-order valence-electron chi connectivity index (χ2n) is 9.08. The molecule has 35 heavy (non-hydrogen) atoms. The van der Waals surface area contributed by atoms with Gasteiger partial charge in [0.05, 0.1) is 30.5 Å². The van der Waals surface area contributed by atoms with Crippen molar-refractivity contribution in [3.8, 4) is 11.4 Å². The Labute approximate surface area is 205 Å². The molecule has 8 nitrogen and oxygen atoms in total. The van der Waals surface area contributed by atoms with Gasteiger partial charge in [-0.3, -0.25) is 14.4 Å². The minimum absolute atomic E-state index is 0.0940. The van der Waals surface area contributed by atoms with Crippen LogP contribution >= 0.6 is 0 Å². The van der Waals surface area contributed by atoms with E-state index in [-0.39, 0.29) is 12.3 Å². The van der Waals surface area contributed by atoms with Crippen LogP contribution in [0.15, 0.2) is 53.5 Å². The first-order valence-electron chi connectivity index (χ1n) is 11.7. The van der Waals surface area contributed by atoms with Gasteiger partial charge in [0.2, 0.25) is 5.91 Å². The fourth-order valence-electron chi connectivity index (χ4n) is 4.07. The maximum atomic E-state index is 12.6. The van der Waals surface area contributed by atoms with E-state index in [0.717, 1.165) is 33.9 Å². The summed E-state index contributed by atoms with van der Waals surface area (Å²) in [6.07, 6.45) is 3.80. The number of methoxy groups -OCH3 is 1. The zero-order chi connectivity index (χ0) is 25.2. The van der Waals surface area contributed by atoms with Crippen molar-refractivity contribution in [3.05, 3.63) is 76.9 Å². The number of rotatable bonds is 7. The molecule has 3 aromatic rings. The largest absolute Gasteiger partial charge is 0.497 e. The maximum Gasteiger partial charge on any atom is 0.222 e. The molecule has 1 atom stereocenters. The van der Waals surface area contributed by atoms with Crippen molar-refractivity contribution in [2.75, 3.05) is 13.7 Å². The molecule has 2 aromatic carbocycles. The number of aromatic nitrogens is 3. The maximum absolute atomic E-state index is 12.6. The van der Waals surface area contributed by atoms with Crippen LogP contribution in [0.3, 0.4) is 0 Å². The molecule has 0 saturated carbocycles. The molecule has 1 aromatic heterocycles. The van der Waals surface area contributed by atoms with Gasteiger partial charge in [-0.05, 0) is 51.5 Å². The van der Waals surface area contributed by atoms with Crippen LogP contribution < -0.4 is 10.1 Å². The molecule has 0 bridgehead atoms. The molecule has 1 amide bonds. The van der Waals surface area contributed by atoms with E-state index in [1.807, 2.05) is 67.0 Å². The van der Waals surface area contributed by atoms with Crippen molar-refractivity contribution >= 4 is 17.7 Å². The standard InChI is InChI=1S/C27H31N5O3/c1-6-28-24(33)16-22-26-31-30-17(2)32(26)23-12-11-20(35-5)15-21(23)25(29-22)19-9-7-18(8-10-19)13-14-27(3,4)34/h7-15,22,34H,6,16H2,1-5H3,(H,28,33)/b14-13+/t22-/m0/s1. The van der Waals surface area contributed by atoms with E-state index in [1.54, 1.807) is 27.0 Å². The molecule has 0 radical (unpaired) electrons. The number of carbonyl (C=O) groups is 1. The summed E-state index contributed by atoms with van der Waals surface area (Å²) in [6, 6.07) is 13.3. The molecule has 8 heteroatoms. The lowest BCUT2D eigenvalue weighted by Gasteiger charge is -2.14. The number of aryl methyl sites for hydroxylation is 1. The molecule has 0 aliphatic carbocycles. The van der Waals surface area contributed by atoms with Crippen LogP contribution in [-0.4, -0.2) is 50.7 Å². The van der Waals surface area contributed by atoms with Crippen LogP contribution in [0.5, 0.6) is 5.75 Å². The normalized spacial score (nSPS) is 15.3. The van der Waals surface area contributed by atoms with Gasteiger partial charge in [0.1, 0.15) is 17.6 Å². The number of nitrogens with one attached hydrogen (secondary N) is 1. The monoisotopic (exact) mass is 473 g/mol. The van der Waals surface area contributed by atoms with Crippen LogP contribution in [0.4, 0.5) is 0 Å².